The van der Waals surface area contributed by atoms with Crippen molar-refractivity contribution in [3.8, 4) is 0 Å². The monoisotopic (exact) mass is 433 g/mol. The molecule has 1 aliphatic rings. The Bertz CT molecular complexity index is 1140. The molecule has 2 amide bonds. The first-order valence-corrected chi connectivity index (χ1v) is 9.48. The summed E-state index contributed by atoms with van der Waals surface area (Å²) in [6.45, 7) is 0.892. The number of rotatable bonds is 4. The van der Waals surface area contributed by atoms with E-state index < -0.39 is 17.9 Å². The normalized spacial score (nSPS) is 15.3. The summed E-state index contributed by atoms with van der Waals surface area (Å²) in [5, 5.41) is 13.5. The highest BCUT2D eigenvalue weighted by Crippen LogP contribution is 2.29. The highest BCUT2D eigenvalue weighted by atomic mass is 19.4. The number of fused-ring (bicyclic) bond motifs is 1. The zero-order chi connectivity index (χ0) is 22.2. The first kappa shape index (κ1) is 20.6. The lowest BCUT2D eigenvalue weighted by atomic mass is 9.95. The van der Waals surface area contributed by atoms with E-state index in [1.807, 2.05) is 4.90 Å². The molecule has 3 N–H and O–H groups in total. The summed E-state index contributed by atoms with van der Waals surface area (Å²) in [6, 6.07) is 9.36. The van der Waals surface area contributed by atoms with Crippen molar-refractivity contribution < 1.29 is 22.8 Å². The maximum Gasteiger partial charge on any atom is 0.453 e. The van der Waals surface area contributed by atoms with E-state index in [2.05, 4.69) is 20.6 Å². The van der Waals surface area contributed by atoms with Gasteiger partial charge in [0.05, 0.1) is 0 Å². The number of aromatic nitrogens is 4. The Morgan fingerprint density at radius 1 is 1.10 bits per heavy atom. The SMILES string of the molecule is NC(=O)c1cccc(NC(=O)C2CCN(c3ccc4nnc(C(F)(F)F)n4n3)CC2)c1. The van der Waals surface area contributed by atoms with Gasteiger partial charge in [-0.15, -0.1) is 15.3 Å². The van der Waals surface area contributed by atoms with E-state index in [1.54, 1.807) is 24.3 Å². The van der Waals surface area contributed by atoms with E-state index in [4.69, 9.17) is 5.73 Å². The lowest BCUT2D eigenvalue weighted by Gasteiger charge is -2.32. The van der Waals surface area contributed by atoms with Crippen molar-refractivity contribution in [2.75, 3.05) is 23.3 Å². The quantitative estimate of drug-likeness (QED) is 0.651. The summed E-state index contributed by atoms with van der Waals surface area (Å²) in [7, 11) is 0. The Morgan fingerprint density at radius 2 is 1.84 bits per heavy atom. The third-order valence-electron chi connectivity index (χ3n) is 5.11. The second-order valence-electron chi connectivity index (χ2n) is 7.18. The highest BCUT2D eigenvalue weighted by molar-refractivity contribution is 5.97. The number of hydrogen-bond donors (Lipinski definition) is 2. The van der Waals surface area contributed by atoms with Crippen LogP contribution in [0.2, 0.25) is 0 Å². The van der Waals surface area contributed by atoms with Gasteiger partial charge < -0.3 is 16.0 Å². The first-order chi connectivity index (χ1) is 14.7. The number of nitrogens with two attached hydrogens (primary N) is 1. The Kier molecular flexibility index (Phi) is 5.21. The Hall–Kier alpha value is -3.70. The van der Waals surface area contributed by atoms with Crippen molar-refractivity contribution in [3.63, 3.8) is 0 Å². The molecular formula is C19H18F3N7O2. The van der Waals surface area contributed by atoms with Crippen LogP contribution in [0.1, 0.15) is 29.0 Å². The zero-order valence-electron chi connectivity index (χ0n) is 16.1. The van der Waals surface area contributed by atoms with Crippen LogP contribution < -0.4 is 16.0 Å². The zero-order valence-corrected chi connectivity index (χ0v) is 16.1. The molecule has 0 saturated carbocycles. The van der Waals surface area contributed by atoms with Crippen LogP contribution in [0.4, 0.5) is 24.7 Å². The molecular weight excluding hydrogens is 415 g/mol. The van der Waals surface area contributed by atoms with Gasteiger partial charge in [0.2, 0.25) is 11.8 Å². The van der Waals surface area contributed by atoms with Crippen LogP contribution in [0, 0.1) is 5.92 Å². The number of carbonyl (C=O) groups excluding carboxylic acids is 2. The van der Waals surface area contributed by atoms with Crippen LogP contribution in [0.15, 0.2) is 36.4 Å². The molecule has 12 heteroatoms. The molecule has 1 aromatic carbocycles. The molecule has 0 spiro atoms. The molecule has 3 heterocycles. The summed E-state index contributed by atoms with van der Waals surface area (Å²) in [6.07, 6.45) is -3.67. The third kappa shape index (κ3) is 4.27. The summed E-state index contributed by atoms with van der Waals surface area (Å²) >= 11 is 0. The first-order valence-electron chi connectivity index (χ1n) is 9.48. The molecule has 2 aromatic heterocycles. The van der Waals surface area contributed by atoms with Gasteiger partial charge in [-0.1, -0.05) is 6.07 Å². The number of hydrogen-bond acceptors (Lipinski definition) is 6. The van der Waals surface area contributed by atoms with Crippen LogP contribution in [0.5, 0.6) is 0 Å². The van der Waals surface area contributed by atoms with Crippen LogP contribution in [-0.2, 0) is 11.0 Å². The average Bonchev–Trinajstić information content (AvgIpc) is 3.18. The number of primary amides is 1. The maximum atomic E-state index is 13.1. The summed E-state index contributed by atoms with van der Waals surface area (Å²) < 4.78 is 39.9. The van der Waals surface area contributed by atoms with Gasteiger partial charge in [-0.2, -0.15) is 17.7 Å². The molecule has 0 unspecified atom stereocenters. The van der Waals surface area contributed by atoms with E-state index >= 15 is 0 Å². The standard InChI is InChI=1S/C19H18F3N7O2/c20-19(21,22)18-26-25-14-4-5-15(27-29(14)18)28-8-6-11(7-9-28)17(31)24-13-3-1-2-12(10-13)16(23)30/h1-5,10-11H,6-9H2,(H2,23,30)(H,24,31). The van der Waals surface area contributed by atoms with Crippen LogP contribution in [0.3, 0.4) is 0 Å². The molecule has 0 bridgehead atoms. The van der Waals surface area contributed by atoms with E-state index in [1.165, 1.54) is 12.1 Å². The maximum absolute atomic E-state index is 13.1. The molecule has 0 aliphatic carbocycles. The molecule has 162 valence electrons. The second kappa shape index (κ2) is 7.85. The van der Waals surface area contributed by atoms with Gasteiger partial charge in [-0.3, -0.25) is 9.59 Å². The van der Waals surface area contributed by atoms with Gasteiger partial charge in [0.15, 0.2) is 5.65 Å². The number of benzene rings is 1. The number of halogens is 3. The Balaban J connectivity index is 1.42. The molecule has 1 fully saturated rings. The fourth-order valence-corrected chi connectivity index (χ4v) is 3.49. The van der Waals surface area contributed by atoms with Gasteiger partial charge in [-0.25, -0.2) is 0 Å². The van der Waals surface area contributed by atoms with Crippen molar-refractivity contribution in [2.24, 2.45) is 11.7 Å². The van der Waals surface area contributed by atoms with Crippen LogP contribution >= 0.6 is 0 Å². The minimum absolute atomic E-state index is 0.00327. The van der Waals surface area contributed by atoms with Crippen molar-refractivity contribution in [1.82, 2.24) is 19.8 Å². The van der Waals surface area contributed by atoms with Gasteiger partial charge in [0.25, 0.3) is 5.82 Å². The fraction of sp³-hybridized carbons (Fsp3) is 0.316. The number of anilines is 2. The molecule has 3 aromatic rings. The van der Waals surface area contributed by atoms with Crippen LogP contribution in [-0.4, -0.2) is 44.7 Å². The van der Waals surface area contributed by atoms with Gasteiger partial charge in [0, 0.05) is 30.3 Å². The van der Waals surface area contributed by atoms with Crippen molar-refractivity contribution in [1.29, 1.82) is 0 Å². The van der Waals surface area contributed by atoms with Crippen molar-refractivity contribution in [2.45, 2.75) is 19.0 Å². The minimum Gasteiger partial charge on any atom is -0.366 e. The molecule has 1 saturated heterocycles. The molecule has 0 atom stereocenters. The molecule has 9 nitrogen and oxygen atoms in total. The van der Waals surface area contributed by atoms with Gasteiger partial charge in [0.1, 0.15) is 5.82 Å². The number of nitrogens with zero attached hydrogens (tertiary/aromatic N) is 5. The van der Waals surface area contributed by atoms with E-state index in [-0.39, 0.29) is 17.5 Å². The number of alkyl halides is 3. The number of carbonyl (C=O) groups is 2. The van der Waals surface area contributed by atoms with Crippen molar-refractivity contribution in [3.05, 3.63) is 47.8 Å². The van der Waals surface area contributed by atoms with E-state index in [0.717, 1.165) is 0 Å². The molecule has 1 aliphatic heterocycles. The second-order valence-corrected chi connectivity index (χ2v) is 7.18. The predicted molar refractivity (Wildman–Crippen MR) is 104 cm³/mol. The van der Waals surface area contributed by atoms with Crippen molar-refractivity contribution >= 4 is 29.0 Å². The number of amides is 2. The van der Waals surface area contributed by atoms with E-state index in [0.29, 0.717) is 47.5 Å². The largest absolute Gasteiger partial charge is 0.453 e. The third-order valence-corrected chi connectivity index (χ3v) is 5.11. The highest BCUT2D eigenvalue weighted by Gasteiger charge is 2.38. The summed E-state index contributed by atoms with van der Waals surface area (Å²) in [4.78, 5) is 25.7. The number of piperidine rings is 1. The molecule has 0 radical (unpaired) electrons. The molecule has 4 rings (SSSR count). The van der Waals surface area contributed by atoms with E-state index in [9.17, 15) is 22.8 Å². The molecule has 31 heavy (non-hydrogen) atoms. The summed E-state index contributed by atoms with van der Waals surface area (Å²) in [5.74, 6) is -1.89. The number of nitrogens with one attached hydrogen (secondary N) is 1. The predicted octanol–water partition coefficient (Wildman–Crippen LogP) is 2.10. The van der Waals surface area contributed by atoms with Gasteiger partial charge in [-0.05, 0) is 43.2 Å². The smallest absolute Gasteiger partial charge is 0.366 e. The Labute approximate surface area is 174 Å². The lowest BCUT2D eigenvalue weighted by molar-refractivity contribution is -0.146. The average molecular weight is 433 g/mol. The van der Waals surface area contributed by atoms with Gasteiger partial charge >= 0.3 is 6.18 Å². The van der Waals surface area contributed by atoms with Crippen LogP contribution in [0.25, 0.3) is 5.65 Å². The fourth-order valence-electron chi connectivity index (χ4n) is 3.49. The topological polar surface area (TPSA) is 119 Å². The Morgan fingerprint density at radius 3 is 2.52 bits per heavy atom. The minimum atomic E-state index is -4.66. The lowest BCUT2D eigenvalue weighted by Crippen LogP contribution is -2.38. The summed E-state index contributed by atoms with van der Waals surface area (Å²) in [5.41, 5.74) is 6.02.